The summed E-state index contributed by atoms with van der Waals surface area (Å²) < 4.78 is 26.7. The molecule has 0 spiro atoms. The largest absolute Gasteiger partial charge is 0.363 e. The summed E-state index contributed by atoms with van der Waals surface area (Å²) in [6.45, 7) is 7.87. The smallest absolute Gasteiger partial charge is 0.244 e. The van der Waals surface area contributed by atoms with Gasteiger partial charge in [0.05, 0.1) is 10.8 Å². The van der Waals surface area contributed by atoms with Crippen LogP contribution in [0.1, 0.15) is 39.3 Å². The van der Waals surface area contributed by atoms with Gasteiger partial charge >= 0.3 is 0 Å². The zero-order valence-corrected chi connectivity index (χ0v) is 13.9. The van der Waals surface area contributed by atoms with Crippen molar-refractivity contribution in [2.45, 2.75) is 44.4 Å². The van der Waals surface area contributed by atoms with Gasteiger partial charge in [0.25, 0.3) is 0 Å². The van der Waals surface area contributed by atoms with Crippen molar-refractivity contribution in [3.05, 3.63) is 18.0 Å². The topological polar surface area (TPSA) is 53.2 Å². The van der Waals surface area contributed by atoms with Crippen LogP contribution in [-0.4, -0.2) is 30.8 Å². The average molecular weight is 319 g/mol. The quantitative estimate of drug-likeness (QED) is 0.870. The Hall–Kier alpha value is -0.520. The van der Waals surface area contributed by atoms with E-state index < -0.39 is 10.0 Å². The van der Waals surface area contributed by atoms with Crippen LogP contribution in [-0.2, 0) is 15.9 Å². The van der Waals surface area contributed by atoms with Crippen molar-refractivity contribution in [3.63, 3.8) is 0 Å². The van der Waals surface area contributed by atoms with E-state index in [-0.39, 0.29) is 5.41 Å². The first-order valence-electron chi connectivity index (χ1n) is 6.98. The molecule has 1 saturated heterocycles. The molecule has 0 bridgehead atoms. The minimum absolute atomic E-state index is 0.246. The second-order valence-corrected chi connectivity index (χ2v) is 8.74. The maximum atomic E-state index is 12.5. The Kier molecular flexibility index (Phi) is 4.52. The standard InChI is InChI=1S/C14H23ClN2O2S/c1-14(2,3)11-4-6-17(7-5-11)20(18,19)13-8-12(9-15)16-10-13/h8,10-11,16H,4-7,9H2,1-3H3. The highest BCUT2D eigenvalue weighted by Crippen LogP contribution is 2.35. The van der Waals surface area contributed by atoms with Gasteiger partial charge in [-0.2, -0.15) is 4.31 Å². The number of aromatic amines is 1. The molecule has 1 aromatic heterocycles. The molecule has 6 heteroatoms. The number of H-pyrrole nitrogens is 1. The van der Waals surface area contributed by atoms with Crippen molar-refractivity contribution in [1.29, 1.82) is 0 Å². The lowest BCUT2D eigenvalue weighted by atomic mass is 9.76. The molecular formula is C14H23ClN2O2S. The zero-order valence-electron chi connectivity index (χ0n) is 12.3. The van der Waals surface area contributed by atoms with Crippen LogP contribution in [0.3, 0.4) is 0 Å². The molecule has 1 aliphatic rings. The number of hydrogen-bond donors (Lipinski definition) is 1. The van der Waals surface area contributed by atoms with E-state index in [2.05, 4.69) is 25.8 Å². The molecule has 1 N–H and O–H groups in total. The molecule has 1 fully saturated rings. The fraction of sp³-hybridized carbons (Fsp3) is 0.714. The van der Waals surface area contributed by atoms with Gasteiger partial charge in [-0.05, 0) is 30.2 Å². The number of rotatable bonds is 3. The first kappa shape index (κ1) is 15.9. The maximum Gasteiger partial charge on any atom is 0.244 e. The molecule has 0 unspecified atom stereocenters. The number of sulfonamides is 1. The van der Waals surface area contributed by atoms with E-state index in [1.54, 1.807) is 10.4 Å². The van der Waals surface area contributed by atoms with Crippen molar-refractivity contribution < 1.29 is 8.42 Å². The minimum Gasteiger partial charge on any atom is -0.363 e. The molecule has 0 saturated carbocycles. The van der Waals surface area contributed by atoms with Crippen LogP contribution in [0.2, 0.25) is 0 Å². The Morgan fingerprint density at radius 3 is 2.40 bits per heavy atom. The minimum atomic E-state index is -3.38. The van der Waals surface area contributed by atoms with Gasteiger partial charge in [0.1, 0.15) is 0 Å². The molecule has 0 amide bonds. The van der Waals surface area contributed by atoms with Gasteiger partial charge in [-0.3, -0.25) is 0 Å². The summed E-state index contributed by atoms with van der Waals surface area (Å²) >= 11 is 5.71. The van der Waals surface area contributed by atoms with Gasteiger partial charge in [0.2, 0.25) is 10.0 Å². The third-order valence-electron chi connectivity index (χ3n) is 4.18. The second kappa shape index (κ2) is 5.70. The molecule has 1 aliphatic heterocycles. The van der Waals surface area contributed by atoms with Crippen LogP contribution in [0.25, 0.3) is 0 Å². The SMILES string of the molecule is CC(C)(C)C1CCN(S(=O)(=O)c2c[nH]c(CCl)c2)CC1. The van der Waals surface area contributed by atoms with E-state index >= 15 is 0 Å². The Balaban J connectivity index is 2.09. The van der Waals surface area contributed by atoms with Gasteiger partial charge in [-0.15, -0.1) is 11.6 Å². The van der Waals surface area contributed by atoms with Crippen LogP contribution < -0.4 is 0 Å². The summed E-state index contributed by atoms with van der Waals surface area (Å²) in [5, 5.41) is 0. The Morgan fingerprint density at radius 1 is 1.35 bits per heavy atom. The monoisotopic (exact) mass is 318 g/mol. The van der Waals surface area contributed by atoms with Crippen LogP contribution in [0.5, 0.6) is 0 Å². The Labute approximate surface area is 126 Å². The van der Waals surface area contributed by atoms with Crippen molar-refractivity contribution >= 4 is 21.6 Å². The van der Waals surface area contributed by atoms with Crippen LogP contribution in [0.15, 0.2) is 17.2 Å². The maximum absolute atomic E-state index is 12.5. The molecular weight excluding hydrogens is 296 g/mol. The average Bonchev–Trinajstić information content (AvgIpc) is 2.87. The van der Waals surface area contributed by atoms with E-state index in [0.29, 0.717) is 29.8 Å². The van der Waals surface area contributed by atoms with Crippen molar-refractivity contribution in [3.8, 4) is 0 Å². The molecule has 0 radical (unpaired) electrons. The lowest BCUT2D eigenvalue weighted by Crippen LogP contribution is -2.41. The van der Waals surface area contributed by atoms with Gasteiger partial charge < -0.3 is 4.98 Å². The lowest BCUT2D eigenvalue weighted by molar-refractivity contribution is 0.154. The summed E-state index contributed by atoms with van der Waals surface area (Å²) in [5.74, 6) is 0.875. The Bertz CT molecular complexity index is 552. The van der Waals surface area contributed by atoms with E-state index in [0.717, 1.165) is 18.5 Å². The molecule has 2 rings (SSSR count). The van der Waals surface area contributed by atoms with Gasteiger partial charge in [-0.1, -0.05) is 20.8 Å². The number of nitrogens with one attached hydrogen (secondary N) is 1. The Morgan fingerprint density at radius 2 is 1.95 bits per heavy atom. The first-order chi connectivity index (χ1) is 9.25. The normalized spacial score (nSPS) is 19.4. The molecule has 0 atom stereocenters. The highest BCUT2D eigenvalue weighted by Gasteiger charge is 2.34. The summed E-state index contributed by atoms with van der Waals surface area (Å²) in [7, 11) is -3.38. The predicted molar refractivity (Wildman–Crippen MR) is 81.3 cm³/mol. The van der Waals surface area contributed by atoms with Crippen LogP contribution >= 0.6 is 11.6 Å². The molecule has 114 valence electrons. The fourth-order valence-electron chi connectivity index (χ4n) is 2.76. The van der Waals surface area contributed by atoms with Crippen LogP contribution in [0.4, 0.5) is 0 Å². The van der Waals surface area contributed by atoms with E-state index in [9.17, 15) is 8.42 Å². The number of alkyl halides is 1. The van der Waals surface area contributed by atoms with E-state index in [1.807, 2.05) is 0 Å². The highest BCUT2D eigenvalue weighted by atomic mass is 35.5. The number of halogens is 1. The van der Waals surface area contributed by atoms with Crippen molar-refractivity contribution in [1.82, 2.24) is 9.29 Å². The number of aromatic nitrogens is 1. The van der Waals surface area contributed by atoms with E-state index in [1.165, 1.54) is 6.20 Å². The molecule has 0 aliphatic carbocycles. The molecule has 0 aromatic carbocycles. The number of nitrogens with zero attached hydrogens (tertiary/aromatic N) is 1. The third kappa shape index (κ3) is 3.21. The third-order valence-corrected chi connectivity index (χ3v) is 6.34. The summed E-state index contributed by atoms with van der Waals surface area (Å²) in [6, 6.07) is 1.62. The predicted octanol–water partition coefficient (Wildman–Crippen LogP) is 3.20. The molecule has 20 heavy (non-hydrogen) atoms. The number of hydrogen-bond acceptors (Lipinski definition) is 2. The van der Waals surface area contributed by atoms with Gasteiger partial charge in [0.15, 0.2) is 0 Å². The van der Waals surface area contributed by atoms with Crippen molar-refractivity contribution in [2.75, 3.05) is 13.1 Å². The summed E-state index contributed by atoms with van der Waals surface area (Å²) in [6.07, 6.45) is 3.38. The summed E-state index contributed by atoms with van der Waals surface area (Å²) in [4.78, 5) is 3.22. The molecule has 2 heterocycles. The van der Waals surface area contributed by atoms with Crippen molar-refractivity contribution in [2.24, 2.45) is 11.3 Å². The molecule has 4 nitrogen and oxygen atoms in total. The lowest BCUT2D eigenvalue weighted by Gasteiger charge is -2.38. The second-order valence-electron chi connectivity index (χ2n) is 6.54. The van der Waals surface area contributed by atoms with E-state index in [4.69, 9.17) is 11.6 Å². The zero-order chi connectivity index (χ0) is 15.0. The fourth-order valence-corrected chi connectivity index (χ4v) is 4.40. The van der Waals surface area contributed by atoms with Gasteiger partial charge in [-0.25, -0.2) is 8.42 Å². The van der Waals surface area contributed by atoms with Crippen LogP contribution in [0, 0.1) is 11.3 Å². The first-order valence-corrected chi connectivity index (χ1v) is 8.96. The summed E-state index contributed by atoms with van der Waals surface area (Å²) in [5.41, 5.74) is 0.977. The molecule has 1 aromatic rings. The number of piperidine rings is 1. The van der Waals surface area contributed by atoms with Gasteiger partial charge in [0, 0.05) is 25.0 Å². The highest BCUT2D eigenvalue weighted by molar-refractivity contribution is 7.89.